The third-order valence-electron chi connectivity index (χ3n) is 3.60. The molecule has 2 rings (SSSR count). The van der Waals surface area contributed by atoms with Crippen LogP contribution < -0.4 is 5.32 Å². The van der Waals surface area contributed by atoms with Gasteiger partial charge < -0.3 is 20.1 Å². The van der Waals surface area contributed by atoms with Gasteiger partial charge in [-0.25, -0.2) is 0 Å². The van der Waals surface area contributed by atoms with Crippen molar-refractivity contribution in [1.29, 1.82) is 0 Å². The van der Waals surface area contributed by atoms with Crippen molar-refractivity contribution in [3.8, 4) is 5.75 Å². The molecular formula is C15H22N2O3. The fraction of sp³-hybridized carbons (Fsp3) is 0.533. The Labute approximate surface area is 119 Å². The predicted octanol–water partition coefficient (Wildman–Crippen LogP) is 1.15. The van der Waals surface area contributed by atoms with Gasteiger partial charge in [-0.2, -0.15) is 0 Å². The van der Waals surface area contributed by atoms with Gasteiger partial charge in [-0.3, -0.25) is 4.79 Å². The number of nitrogens with one attached hydrogen (secondary N) is 1. The molecule has 2 N–H and O–H groups in total. The Morgan fingerprint density at radius 3 is 2.90 bits per heavy atom. The summed E-state index contributed by atoms with van der Waals surface area (Å²) in [6.45, 7) is 5.99. The van der Waals surface area contributed by atoms with Gasteiger partial charge >= 0.3 is 0 Å². The number of aromatic hydroxyl groups is 1. The second kappa shape index (κ2) is 6.24. The molecular weight excluding hydrogens is 256 g/mol. The third-order valence-corrected chi connectivity index (χ3v) is 3.60. The summed E-state index contributed by atoms with van der Waals surface area (Å²) in [5, 5.41) is 12.5. The Balaban J connectivity index is 2.04. The minimum absolute atomic E-state index is 0.00144. The highest BCUT2D eigenvalue weighted by Gasteiger charge is 2.32. The number of phenols is 1. The zero-order valence-electron chi connectivity index (χ0n) is 12.2. The number of carbonyl (C=O) groups is 1. The van der Waals surface area contributed by atoms with Crippen LogP contribution in [0, 0.1) is 6.92 Å². The molecule has 5 nitrogen and oxygen atoms in total. The Kier molecular flexibility index (Phi) is 4.62. The fourth-order valence-electron chi connectivity index (χ4n) is 2.53. The van der Waals surface area contributed by atoms with Gasteiger partial charge in [-0.05, 0) is 44.7 Å². The van der Waals surface area contributed by atoms with Gasteiger partial charge in [0.1, 0.15) is 5.75 Å². The van der Waals surface area contributed by atoms with E-state index in [9.17, 15) is 9.90 Å². The molecule has 1 aromatic rings. The number of nitrogens with zero attached hydrogens (tertiary/aromatic N) is 1. The van der Waals surface area contributed by atoms with E-state index in [0.29, 0.717) is 17.7 Å². The lowest BCUT2D eigenvalue weighted by Gasteiger charge is -2.20. The number of likely N-dealkylation sites (tertiary alicyclic amines) is 1. The normalized spacial score (nSPS) is 22.9. The lowest BCUT2D eigenvalue weighted by molar-refractivity contribution is 0.0513. The molecule has 5 heteroatoms. The predicted molar refractivity (Wildman–Crippen MR) is 77.0 cm³/mol. The molecule has 2 atom stereocenters. The van der Waals surface area contributed by atoms with E-state index < -0.39 is 0 Å². The first-order valence-electron chi connectivity index (χ1n) is 6.92. The van der Waals surface area contributed by atoms with E-state index in [1.165, 1.54) is 0 Å². The standard InChI is InChI=1S/C15H22N2O3/c1-4-20-14-9-17(3)8-12(14)16-15(19)11-5-6-13(18)10(2)7-11/h5-7,12,14,18H,4,8-9H2,1-3H3,(H,16,19)/t12-,14-/m0/s1. The summed E-state index contributed by atoms with van der Waals surface area (Å²) in [6, 6.07) is 4.87. The molecule has 110 valence electrons. The van der Waals surface area contributed by atoms with E-state index in [2.05, 4.69) is 10.2 Å². The number of ether oxygens (including phenoxy) is 1. The van der Waals surface area contributed by atoms with Crippen LogP contribution in [0.1, 0.15) is 22.8 Å². The van der Waals surface area contributed by atoms with Crippen LogP contribution in [-0.2, 0) is 4.74 Å². The fourth-order valence-corrected chi connectivity index (χ4v) is 2.53. The Morgan fingerprint density at radius 1 is 1.50 bits per heavy atom. The molecule has 1 saturated heterocycles. The molecule has 1 aliphatic heterocycles. The zero-order chi connectivity index (χ0) is 14.7. The Hall–Kier alpha value is -1.59. The van der Waals surface area contributed by atoms with Crippen LogP contribution in [0.5, 0.6) is 5.75 Å². The molecule has 1 fully saturated rings. The molecule has 1 aliphatic rings. The SMILES string of the molecule is CCO[C@H]1CN(C)C[C@@H]1NC(=O)c1ccc(O)c(C)c1. The van der Waals surface area contributed by atoms with Crippen LogP contribution in [0.4, 0.5) is 0 Å². The number of hydrogen-bond acceptors (Lipinski definition) is 4. The van der Waals surface area contributed by atoms with E-state index in [-0.39, 0.29) is 23.8 Å². The quantitative estimate of drug-likeness (QED) is 0.867. The average Bonchev–Trinajstić information content (AvgIpc) is 2.73. The van der Waals surface area contributed by atoms with Crippen LogP contribution in [0.15, 0.2) is 18.2 Å². The number of rotatable bonds is 4. The Morgan fingerprint density at radius 2 is 2.25 bits per heavy atom. The van der Waals surface area contributed by atoms with Gasteiger partial charge in [0.05, 0.1) is 12.1 Å². The van der Waals surface area contributed by atoms with Gasteiger partial charge in [0.25, 0.3) is 5.91 Å². The molecule has 0 unspecified atom stereocenters. The minimum atomic E-state index is -0.127. The number of carbonyl (C=O) groups excluding carboxylic acids is 1. The summed E-state index contributed by atoms with van der Waals surface area (Å²) >= 11 is 0. The molecule has 0 bridgehead atoms. The highest BCUT2D eigenvalue weighted by molar-refractivity contribution is 5.94. The molecule has 0 aromatic heterocycles. The summed E-state index contributed by atoms with van der Waals surface area (Å²) in [5.41, 5.74) is 1.26. The van der Waals surface area contributed by atoms with Gasteiger partial charge in [0, 0.05) is 25.3 Å². The van der Waals surface area contributed by atoms with Crippen LogP contribution in [0.2, 0.25) is 0 Å². The van der Waals surface area contributed by atoms with Crippen LogP contribution in [-0.4, -0.2) is 54.8 Å². The van der Waals surface area contributed by atoms with E-state index in [0.717, 1.165) is 13.1 Å². The van der Waals surface area contributed by atoms with Crippen molar-refractivity contribution in [1.82, 2.24) is 10.2 Å². The van der Waals surface area contributed by atoms with Gasteiger partial charge in [0.2, 0.25) is 0 Å². The molecule has 20 heavy (non-hydrogen) atoms. The van der Waals surface area contributed by atoms with E-state index in [1.807, 2.05) is 14.0 Å². The number of aryl methyl sites for hydroxylation is 1. The maximum atomic E-state index is 12.3. The largest absolute Gasteiger partial charge is 0.508 e. The van der Waals surface area contributed by atoms with Gasteiger partial charge in [0.15, 0.2) is 0 Å². The van der Waals surface area contributed by atoms with Crippen molar-refractivity contribution >= 4 is 5.91 Å². The maximum absolute atomic E-state index is 12.3. The number of amides is 1. The highest BCUT2D eigenvalue weighted by Crippen LogP contribution is 2.18. The molecule has 0 aliphatic carbocycles. The molecule has 1 heterocycles. The first kappa shape index (κ1) is 14.8. The lowest BCUT2D eigenvalue weighted by Crippen LogP contribution is -2.44. The second-order valence-electron chi connectivity index (χ2n) is 5.30. The molecule has 1 aromatic carbocycles. The highest BCUT2D eigenvalue weighted by atomic mass is 16.5. The zero-order valence-corrected chi connectivity index (χ0v) is 12.2. The molecule has 1 amide bonds. The summed E-state index contributed by atoms with van der Waals surface area (Å²) < 4.78 is 5.67. The van der Waals surface area contributed by atoms with Crippen molar-refractivity contribution in [2.45, 2.75) is 26.0 Å². The monoisotopic (exact) mass is 278 g/mol. The van der Waals surface area contributed by atoms with Gasteiger partial charge in [-0.15, -0.1) is 0 Å². The first-order chi connectivity index (χ1) is 9.51. The lowest BCUT2D eigenvalue weighted by atomic mass is 10.1. The summed E-state index contributed by atoms with van der Waals surface area (Å²) in [7, 11) is 2.02. The molecule has 0 saturated carbocycles. The van der Waals surface area contributed by atoms with Crippen molar-refractivity contribution in [2.24, 2.45) is 0 Å². The van der Waals surface area contributed by atoms with E-state index in [4.69, 9.17) is 4.74 Å². The topological polar surface area (TPSA) is 61.8 Å². The summed E-state index contributed by atoms with van der Waals surface area (Å²) in [6.07, 6.45) is 0.0344. The van der Waals surface area contributed by atoms with E-state index >= 15 is 0 Å². The average molecular weight is 278 g/mol. The summed E-state index contributed by atoms with van der Waals surface area (Å²) in [5.74, 6) is 0.0763. The maximum Gasteiger partial charge on any atom is 0.251 e. The van der Waals surface area contributed by atoms with Crippen molar-refractivity contribution in [3.63, 3.8) is 0 Å². The Bertz CT molecular complexity index is 490. The first-order valence-corrected chi connectivity index (χ1v) is 6.92. The molecule has 0 spiro atoms. The van der Waals surface area contributed by atoms with Crippen LogP contribution in [0.25, 0.3) is 0 Å². The van der Waals surface area contributed by atoms with Crippen LogP contribution in [0.3, 0.4) is 0 Å². The number of phenolic OH excluding ortho intramolecular Hbond substituents is 1. The third kappa shape index (κ3) is 3.29. The minimum Gasteiger partial charge on any atom is -0.508 e. The van der Waals surface area contributed by atoms with Gasteiger partial charge in [-0.1, -0.05) is 0 Å². The smallest absolute Gasteiger partial charge is 0.251 e. The number of likely N-dealkylation sites (N-methyl/N-ethyl adjacent to an activating group) is 1. The van der Waals surface area contributed by atoms with Crippen molar-refractivity contribution in [2.75, 3.05) is 26.7 Å². The number of benzene rings is 1. The van der Waals surface area contributed by atoms with Crippen molar-refractivity contribution < 1.29 is 14.6 Å². The molecule has 0 radical (unpaired) electrons. The summed E-state index contributed by atoms with van der Waals surface area (Å²) in [4.78, 5) is 14.4. The second-order valence-corrected chi connectivity index (χ2v) is 5.30. The number of hydrogen-bond donors (Lipinski definition) is 2. The van der Waals surface area contributed by atoms with E-state index in [1.54, 1.807) is 25.1 Å². The van der Waals surface area contributed by atoms with Crippen LogP contribution >= 0.6 is 0 Å². The van der Waals surface area contributed by atoms with Crippen molar-refractivity contribution in [3.05, 3.63) is 29.3 Å².